The van der Waals surface area contributed by atoms with Crippen molar-refractivity contribution in [3.05, 3.63) is 21.9 Å². The number of nitrogens with one attached hydrogen (secondary N) is 1. The Balaban J connectivity index is 1.91. The summed E-state index contributed by atoms with van der Waals surface area (Å²) in [5.41, 5.74) is 0.109. The number of carbonyl (C=O) groups is 2. The van der Waals surface area contributed by atoms with Crippen molar-refractivity contribution in [1.82, 2.24) is 20.4 Å². The van der Waals surface area contributed by atoms with Gasteiger partial charge in [0.15, 0.2) is 10.3 Å². The first-order valence-corrected chi connectivity index (χ1v) is 7.08. The predicted molar refractivity (Wildman–Crippen MR) is 74.8 cm³/mol. The molecule has 0 atom stereocenters. The molecule has 0 radical (unpaired) electrons. The van der Waals surface area contributed by atoms with Crippen molar-refractivity contribution in [2.24, 2.45) is 0 Å². The minimum atomic E-state index is -0.489. The highest BCUT2D eigenvalue weighted by molar-refractivity contribution is 6.34. The van der Waals surface area contributed by atoms with Gasteiger partial charge in [0, 0.05) is 13.1 Å². The lowest BCUT2D eigenvalue weighted by Crippen LogP contribution is -2.42. The fourth-order valence-electron chi connectivity index (χ4n) is 2.02. The Morgan fingerprint density at radius 1 is 1.20 bits per heavy atom. The van der Waals surface area contributed by atoms with E-state index in [-0.39, 0.29) is 28.3 Å². The molecule has 2 heterocycles. The summed E-state index contributed by atoms with van der Waals surface area (Å²) in [5.74, 6) is -0.584. The van der Waals surface area contributed by atoms with E-state index in [1.54, 1.807) is 4.90 Å². The first-order chi connectivity index (χ1) is 9.58. The maximum Gasteiger partial charge on any atom is 0.255 e. The molecule has 1 N–H and O–H groups in total. The third-order valence-electron chi connectivity index (χ3n) is 3.07. The van der Waals surface area contributed by atoms with E-state index in [1.165, 1.54) is 6.07 Å². The van der Waals surface area contributed by atoms with Gasteiger partial charge in [0.1, 0.15) is 0 Å². The van der Waals surface area contributed by atoms with Crippen LogP contribution in [0.25, 0.3) is 0 Å². The molecule has 20 heavy (non-hydrogen) atoms. The number of hydrogen-bond acceptors (Lipinski definition) is 4. The zero-order valence-corrected chi connectivity index (χ0v) is 12.2. The van der Waals surface area contributed by atoms with Crippen LogP contribution in [0, 0.1) is 0 Å². The molecule has 2 amide bonds. The lowest BCUT2D eigenvalue weighted by Gasteiger charge is -2.26. The van der Waals surface area contributed by atoms with Gasteiger partial charge in [0.2, 0.25) is 5.91 Å². The van der Waals surface area contributed by atoms with E-state index in [0.29, 0.717) is 0 Å². The number of amides is 2. The lowest BCUT2D eigenvalue weighted by atomic mass is 10.1. The van der Waals surface area contributed by atoms with E-state index in [2.05, 4.69) is 15.5 Å². The molecule has 1 aliphatic heterocycles. The SMILES string of the molecule is O=C(NCC(=O)N1CCCCC1)c1cc(Cl)nnc1Cl. The van der Waals surface area contributed by atoms with Gasteiger partial charge in [-0.3, -0.25) is 9.59 Å². The van der Waals surface area contributed by atoms with Crippen molar-refractivity contribution in [3.63, 3.8) is 0 Å². The number of piperidine rings is 1. The van der Waals surface area contributed by atoms with Crippen molar-refractivity contribution >= 4 is 35.0 Å². The number of carbonyl (C=O) groups excluding carboxylic acids is 2. The van der Waals surface area contributed by atoms with Gasteiger partial charge in [-0.05, 0) is 25.3 Å². The summed E-state index contributed by atoms with van der Waals surface area (Å²) >= 11 is 11.4. The Hall–Kier alpha value is -1.40. The Kier molecular flexibility index (Phi) is 5.14. The van der Waals surface area contributed by atoms with Crippen LogP contribution in [-0.2, 0) is 4.79 Å². The molecule has 6 nitrogen and oxygen atoms in total. The Morgan fingerprint density at radius 2 is 1.90 bits per heavy atom. The summed E-state index contributed by atoms with van der Waals surface area (Å²) < 4.78 is 0. The molecule has 0 bridgehead atoms. The van der Waals surface area contributed by atoms with Gasteiger partial charge in [0.25, 0.3) is 5.91 Å². The smallest absolute Gasteiger partial charge is 0.255 e. The number of nitrogens with zero attached hydrogens (tertiary/aromatic N) is 3. The third kappa shape index (κ3) is 3.80. The van der Waals surface area contributed by atoms with Gasteiger partial charge in [0.05, 0.1) is 12.1 Å². The standard InChI is InChI=1S/C12H14Cl2N4O2/c13-9-6-8(11(14)17-16-9)12(20)15-7-10(19)18-4-2-1-3-5-18/h6H,1-5,7H2,(H,15,20). The van der Waals surface area contributed by atoms with Crippen LogP contribution < -0.4 is 5.32 Å². The molecule has 1 aromatic rings. The maximum absolute atomic E-state index is 11.9. The molecule has 1 aromatic heterocycles. The normalized spacial score (nSPS) is 15.0. The predicted octanol–water partition coefficient (Wildman–Crippen LogP) is 1.53. The van der Waals surface area contributed by atoms with E-state index in [0.717, 1.165) is 32.4 Å². The van der Waals surface area contributed by atoms with Crippen LogP contribution in [-0.4, -0.2) is 46.5 Å². The zero-order valence-electron chi connectivity index (χ0n) is 10.7. The number of halogens is 2. The molecule has 1 saturated heterocycles. The van der Waals surface area contributed by atoms with Crippen LogP contribution in [0.4, 0.5) is 0 Å². The van der Waals surface area contributed by atoms with Crippen molar-refractivity contribution < 1.29 is 9.59 Å². The molecule has 0 aliphatic carbocycles. The van der Waals surface area contributed by atoms with Crippen LogP contribution in [0.3, 0.4) is 0 Å². The van der Waals surface area contributed by atoms with Gasteiger partial charge < -0.3 is 10.2 Å². The van der Waals surface area contributed by atoms with Crippen molar-refractivity contribution in [2.75, 3.05) is 19.6 Å². The molecule has 108 valence electrons. The average Bonchev–Trinajstić information content (AvgIpc) is 2.47. The minimum absolute atomic E-state index is 0.0441. The van der Waals surface area contributed by atoms with Gasteiger partial charge in [-0.25, -0.2) is 0 Å². The Bertz CT molecular complexity index is 518. The summed E-state index contributed by atoms with van der Waals surface area (Å²) in [5, 5.41) is 9.61. The Morgan fingerprint density at radius 3 is 2.60 bits per heavy atom. The van der Waals surface area contributed by atoms with Crippen LogP contribution in [0.2, 0.25) is 10.3 Å². The van der Waals surface area contributed by atoms with Gasteiger partial charge in [-0.1, -0.05) is 23.2 Å². The molecule has 1 aliphatic rings. The highest BCUT2D eigenvalue weighted by atomic mass is 35.5. The topological polar surface area (TPSA) is 75.2 Å². The van der Waals surface area contributed by atoms with Gasteiger partial charge >= 0.3 is 0 Å². The van der Waals surface area contributed by atoms with Gasteiger partial charge in [-0.15, -0.1) is 10.2 Å². The zero-order chi connectivity index (χ0) is 14.5. The van der Waals surface area contributed by atoms with E-state index in [9.17, 15) is 9.59 Å². The highest BCUT2D eigenvalue weighted by Crippen LogP contribution is 2.15. The van der Waals surface area contributed by atoms with E-state index < -0.39 is 5.91 Å². The maximum atomic E-state index is 11.9. The van der Waals surface area contributed by atoms with E-state index >= 15 is 0 Å². The molecule has 0 spiro atoms. The summed E-state index contributed by atoms with van der Waals surface area (Å²) in [4.78, 5) is 25.6. The first-order valence-electron chi connectivity index (χ1n) is 6.32. The monoisotopic (exact) mass is 316 g/mol. The molecule has 0 unspecified atom stereocenters. The molecule has 0 aromatic carbocycles. The molecule has 0 saturated carbocycles. The molecule has 2 rings (SSSR count). The first kappa shape index (κ1) is 15.0. The molecular formula is C12H14Cl2N4O2. The fourth-order valence-corrected chi connectivity index (χ4v) is 2.34. The summed E-state index contributed by atoms with van der Waals surface area (Å²) in [6, 6.07) is 1.32. The third-order valence-corrected chi connectivity index (χ3v) is 3.54. The van der Waals surface area contributed by atoms with E-state index in [4.69, 9.17) is 23.2 Å². The number of rotatable bonds is 3. The minimum Gasteiger partial charge on any atom is -0.343 e. The second kappa shape index (κ2) is 6.85. The lowest BCUT2D eigenvalue weighted by molar-refractivity contribution is -0.130. The molecule has 1 fully saturated rings. The summed E-state index contributed by atoms with van der Waals surface area (Å²) in [6.45, 7) is 1.44. The van der Waals surface area contributed by atoms with E-state index in [1.807, 2.05) is 0 Å². The fraction of sp³-hybridized carbons (Fsp3) is 0.500. The highest BCUT2D eigenvalue weighted by Gasteiger charge is 2.18. The van der Waals surface area contributed by atoms with Crippen LogP contribution in [0.15, 0.2) is 6.07 Å². The van der Waals surface area contributed by atoms with Crippen LogP contribution in [0.5, 0.6) is 0 Å². The number of hydrogen-bond donors (Lipinski definition) is 1. The van der Waals surface area contributed by atoms with Crippen LogP contribution in [0.1, 0.15) is 29.6 Å². The summed E-state index contributed by atoms with van der Waals surface area (Å²) in [7, 11) is 0. The second-order valence-electron chi connectivity index (χ2n) is 4.50. The molecule has 8 heteroatoms. The van der Waals surface area contributed by atoms with Crippen molar-refractivity contribution in [2.45, 2.75) is 19.3 Å². The largest absolute Gasteiger partial charge is 0.343 e. The Labute approximate surface area is 126 Å². The van der Waals surface area contributed by atoms with Gasteiger partial charge in [-0.2, -0.15) is 0 Å². The summed E-state index contributed by atoms with van der Waals surface area (Å²) in [6.07, 6.45) is 3.16. The van der Waals surface area contributed by atoms with Crippen LogP contribution >= 0.6 is 23.2 Å². The number of aromatic nitrogens is 2. The number of likely N-dealkylation sites (tertiary alicyclic amines) is 1. The quantitative estimate of drug-likeness (QED) is 0.917. The van der Waals surface area contributed by atoms with Crippen molar-refractivity contribution in [1.29, 1.82) is 0 Å². The molecular weight excluding hydrogens is 303 g/mol. The van der Waals surface area contributed by atoms with Crippen molar-refractivity contribution in [3.8, 4) is 0 Å². The average molecular weight is 317 g/mol. The second-order valence-corrected chi connectivity index (χ2v) is 5.24.